The van der Waals surface area contributed by atoms with Crippen LogP contribution < -0.4 is 0 Å². The molecule has 0 aliphatic carbocycles. The minimum absolute atomic E-state index is 0.692. The van der Waals surface area contributed by atoms with Crippen molar-refractivity contribution in [2.24, 2.45) is 0 Å². The Bertz CT molecular complexity index is 190. The summed E-state index contributed by atoms with van der Waals surface area (Å²) < 4.78 is 0. The van der Waals surface area contributed by atoms with Crippen molar-refractivity contribution in [3.05, 3.63) is 0 Å². The van der Waals surface area contributed by atoms with E-state index in [1.807, 2.05) is 0 Å². The number of hydrogen-bond donors (Lipinski definition) is 0. The molecule has 0 aromatic carbocycles. The Morgan fingerprint density at radius 2 is 0.857 bits per heavy atom. The highest BCUT2D eigenvalue weighted by atomic mass is 15.2. The highest BCUT2D eigenvalue weighted by Gasteiger charge is 2.11. The summed E-state index contributed by atoms with van der Waals surface area (Å²) in [5.41, 5.74) is 0. The summed E-state index contributed by atoms with van der Waals surface area (Å²) in [7, 11) is 0. The first-order valence-electron chi connectivity index (χ1n) is 9.85. The van der Waals surface area contributed by atoms with Gasteiger partial charge in [-0.05, 0) is 40.7 Å². The van der Waals surface area contributed by atoms with E-state index in [9.17, 15) is 0 Å². The molecule has 0 N–H and O–H groups in total. The van der Waals surface area contributed by atoms with Crippen LogP contribution in [0.25, 0.3) is 0 Å². The number of hydrogen-bond acceptors (Lipinski definition) is 1. The van der Waals surface area contributed by atoms with E-state index >= 15 is 0 Å². The normalized spacial score (nSPS) is 12.0. The molecular weight excluding hydrogens is 254 g/mol. The topological polar surface area (TPSA) is 3.24 Å². The highest BCUT2D eigenvalue weighted by Crippen LogP contribution is 2.13. The van der Waals surface area contributed by atoms with Crippen LogP contribution in [0.15, 0.2) is 0 Å². The van der Waals surface area contributed by atoms with Crippen molar-refractivity contribution in [3.63, 3.8) is 0 Å². The largest absolute Gasteiger partial charge is 0.299 e. The fourth-order valence-electron chi connectivity index (χ4n) is 3.25. The maximum atomic E-state index is 2.62. The van der Waals surface area contributed by atoms with Gasteiger partial charge in [0.25, 0.3) is 0 Å². The van der Waals surface area contributed by atoms with Crippen molar-refractivity contribution >= 4 is 0 Å². The van der Waals surface area contributed by atoms with Gasteiger partial charge in [-0.1, -0.05) is 77.6 Å². The maximum absolute atomic E-state index is 2.62. The van der Waals surface area contributed by atoms with Gasteiger partial charge in [-0.25, -0.2) is 0 Å². The third-order valence-corrected chi connectivity index (χ3v) is 4.60. The smallest absolute Gasteiger partial charge is 0.00412 e. The predicted octanol–water partition coefficient (Wildman–Crippen LogP) is 6.81. The zero-order valence-electron chi connectivity index (χ0n) is 15.8. The van der Waals surface area contributed by atoms with Gasteiger partial charge >= 0.3 is 0 Å². The number of rotatable bonds is 15. The van der Waals surface area contributed by atoms with Gasteiger partial charge in [0.05, 0.1) is 0 Å². The van der Waals surface area contributed by atoms with Crippen LogP contribution in [0.3, 0.4) is 0 Å². The van der Waals surface area contributed by atoms with Gasteiger partial charge in [0.15, 0.2) is 0 Å². The minimum atomic E-state index is 0.692. The minimum Gasteiger partial charge on any atom is -0.299 e. The van der Waals surface area contributed by atoms with Gasteiger partial charge in [0.2, 0.25) is 0 Å². The average Bonchev–Trinajstić information content (AvgIpc) is 2.43. The Morgan fingerprint density at radius 3 is 1.19 bits per heavy atom. The summed E-state index contributed by atoms with van der Waals surface area (Å²) in [6.45, 7) is 12.9. The van der Waals surface area contributed by atoms with Crippen molar-refractivity contribution < 1.29 is 0 Å². The van der Waals surface area contributed by atoms with E-state index in [-0.39, 0.29) is 0 Å². The summed E-state index contributed by atoms with van der Waals surface area (Å²) in [6, 6.07) is 1.38. The molecule has 0 amide bonds. The lowest BCUT2D eigenvalue weighted by atomic mass is 10.0. The van der Waals surface area contributed by atoms with Gasteiger partial charge in [-0.15, -0.1) is 0 Å². The van der Waals surface area contributed by atoms with E-state index < -0.39 is 0 Å². The number of nitrogens with zero attached hydrogens (tertiary/aromatic N) is 1. The third-order valence-electron chi connectivity index (χ3n) is 4.60. The van der Waals surface area contributed by atoms with Crippen LogP contribution in [0.4, 0.5) is 0 Å². The Balaban J connectivity index is 3.25. The van der Waals surface area contributed by atoms with E-state index in [1.54, 1.807) is 0 Å². The Morgan fingerprint density at radius 1 is 0.524 bits per heavy atom. The molecule has 128 valence electrons. The molecule has 0 bridgehead atoms. The summed E-state index contributed by atoms with van der Waals surface area (Å²) in [5.74, 6) is 0. The lowest BCUT2D eigenvalue weighted by molar-refractivity contribution is 0.171. The highest BCUT2D eigenvalue weighted by molar-refractivity contribution is 4.67. The molecule has 0 spiro atoms. The quantitative estimate of drug-likeness (QED) is 0.300. The zero-order valence-corrected chi connectivity index (χ0v) is 15.8. The first-order valence-corrected chi connectivity index (χ1v) is 9.85. The van der Waals surface area contributed by atoms with E-state index in [0.29, 0.717) is 12.1 Å². The molecule has 0 aliphatic heterocycles. The molecular formula is C20H43N. The van der Waals surface area contributed by atoms with Crippen molar-refractivity contribution in [2.75, 3.05) is 6.54 Å². The van der Waals surface area contributed by atoms with E-state index in [4.69, 9.17) is 0 Å². The summed E-state index contributed by atoms with van der Waals surface area (Å²) in [6.07, 6.45) is 17.3. The van der Waals surface area contributed by atoms with Crippen LogP contribution in [-0.4, -0.2) is 23.5 Å². The van der Waals surface area contributed by atoms with Crippen LogP contribution in [0.2, 0.25) is 0 Å². The van der Waals surface area contributed by atoms with Crippen molar-refractivity contribution in [1.82, 2.24) is 4.90 Å². The molecule has 0 unspecified atom stereocenters. The van der Waals surface area contributed by atoms with Crippen LogP contribution in [-0.2, 0) is 0 Å². The predicted molar refractivity (Wildman–Crippen MR) is 98.1 cm³/mol. The van der Waals surface area contributed by atoms with Gasteiger partial charge in [0.1, 0.15) is 0 Å². The third kappa shape index (κ3) is 13.4. The molecule has 0 fully saturated rings. The van der Waals surface area contributed by atoms with Gasteiger partial charge in [-0.2, -0.15) is 0 Å². The van der Waals surface area contributed by atoms with Crippen LogP contribution in [0.1, 0.15) is 112 Å². The molecule has 0 radical (unpaired) electrons. The molecule has 0 saturated carbocycles. The molecule has 21 heavy (non-hydrogen) atoms. The Hall–Kier alpha value is -0.0400. The molecule has 0 aromatic heterocycles. The molecule has 0 saturated heterocycles. The van der Waals surface area contributed by atoms with Crippen molar-refractivity contribution in [2.45, 2.75) is 124 Å². The first kappa shape index (κ1) is 21.0. The summed E-state index contributed by atoms with van der Waals surface area (Å²) in [4.78, 5) is 2.62. The molecule has 0 heterocycles. The number of unbranched alkanes of at least 4 members (excludes halogenated alkanes) is 11. The molecule has 0 aromatic rings. The Kier molecular flexibility index (Phi) is 14.9. The molecule has 0 atom stereocenters. The van der Waals surface area contributed by atoms with E-state index in [1.165, 1.54) is 83.6 Å². The van der Waals surface area contributed by atoms with Gasteiger partial charge in [-0.3, -0.25) is 4.90 Å². The lowest BCUT2D eigenvalue weighted by Gasteiger charge is -2.30. The molecule has 1 nitrogen and oxygen atoms in total. The zero-order chi connectivity index (χ0) is 15.9. The Labute approximate surface area is 135 Å². The lowest BCUT2D eigenvalue weighted by Crippen LogP contribution is -2.37. The molecule has 0 rings (SSSR count). The summed E-state index contributed by atoms with van der Waals surface area (Å²) >= 11 is 0. The van der Waals surface area contributed by atoms with Gasteiger partial charge in [0, 0.05) is 12.1 Å². The van der Waals surface area contributed by atoms with Crippen LogP contribution in [0, 0.1) is 0 Å². The monoisotopic (exact) mass is 297 g/mol. The fourth-order valence-corrected chi connectivity index (χ4v) is 3.25. The summed E-state index contributed by atoms with van der Waals surface area (Å²) in [5, 5.41) is 0. The van der Waals surface area contributed by atoms with Crippen molar-refractivity contribution in [1.29, 1.82) is 0 Å². The van der Waals surface area contributed by atoms with E-state index in [0.717, 1.165) is 0 Å². The second-order valence-corrected chi connectivity index (χ2v) is 7.31. The second kappa shape index (κ2) is 14.9. The van der Waals surface area contributed by atoms with Gasteiger partial charge < -0.3 is 0 Å². The van der Waals surface area contributed by atoms with Crippen LogP contribution in [0.5, 0.6) is 0 Å². The van der Waals surface area contributed by atoms with Crippen molar-refractivity contribution in [3.8, 4) is 0 Å². The van der Waals surface area contributed by atoms with Crippen LogP contribution >= 0.6 is 0 Å². The maximum Gasteiger partial charge on any atom is 0.00412 e. The molecule has 0 aliphatic rings. The van der Waals surface area contributed by atoms with E-state index in [2.05, 4.69) is 39.5 Å². The fraction of sp³-hybridized carbons (Fsp3) is 1.00. The molecule has 1 heteroatoms. The first-order chi connectivity index (χ1) is 10.1. The average molecular weight is 298 g/mol. The second-order valence-electron chi connectivity index (χ2n) is 7.31. The standard InChI is InChI=1S/C20H43N/c1-6-7-8-9-10-11-12-13-14-15-16-17-18-21(19(2)3)20(4)5/h19-20H,6-18H2,1-5H3. The SMILES string of the molecule is CCCCCCCCCCCCCCN(C(C)C)C(C)C.